The third kappa shape index (κ3) is 3.86. The average Bonchev–Trinajstić information content (AvgIpc) is 3.02. The Bertz CT molecular complexity index is 975. The van der Waals surface area contributed by atoms with E-state index in [1.807, 2.05) is 4.90 Å². The zero-order valence-corrected chi connectivity index (χ0v) is 16.0. The number of nitrogens with one attached hydrogen (secondary N) is 1. The molecule has 2 amide bonds. The van der Waals surface area contributed by atoms with Crippen molar-refractivity contribution in [1.82, 2.24) is 10.3 Å². The lowest BCUT2D eigenvalue weighted by Crippen LogP contribution is -2.49. The van der Waals surface area contributed by atoms with E-state index >= 15 is 0 Å². The van der Waals surface area contributed by atoms with Crippen LogP contribution in [0.5, 0.6) is 0 Å². The van der Waals surface area contributed by atoms with Crippen LogP contribution in [0.3, 0.4) is 0 Å². The molecule has 0 radical (unpaired) electrons. The Kier molecular flexibility index (Phi) is 5.40. The molecule has 10 heteroatoms. The molecule has 2 aromatic rings. The van der Waals surface area contributed by atoms with Crippen molar-refractivity contribution in [3.05, 3.63) is 58.5 Å². The number of nitrogens with zero attached hydrogens (tertiary/aromatic N) is 4. The van der Waals surface area contributed by atoms with Crippen molar-refractivity contribution in [2.75, 3.05) is 22.9 Å². The molecule has 1 aromatic carbocycles. The molecule has 156 valence electrons. The van der Waals surface area contributed by atoms with Crippen LogP contribution in [0, 0.1) is 15.9 Å². The highest BCUT2D eigenvalue weighted by Crippen LogP contribution is 2.28. The van der Waals surface area contributed by atoms with Gasteiger partial charge in [-0.1, -0.05) is 0 Å². The highest BCUT2D eigenvalue weighted by atomic mass is 19.1. The SMILES string of the molecule is O=C1C[C@@H](NC2CCN(c3ncccc3[N+](=O)[O-])CC2)C(=O)N1c1ccc(F)cc1. The van der Waals surface area contributed by atoms with Gasteiger partial charge >= 0.3 is 5.69 Å². The summed E-state index contributed by atoms with van der Waals surface area (Å²) in [6.07, 6.45) is 2.88. The molecule has 2 aliphatic heterocycles. The summed E-state index contributed by atoms with van der Waals surface area (Å²) in [5.74, 6) is -0.775. The van der Waals surface area contributed by atoms with E-state index in [1.165, 1.54) is 42.6 Å². The molecule has 1 atom stereocenters. The average molecular weight is 413 g/mol. The number of imide groups is 1. The van der Waals surface area contributed by atoms with E-state index in [1.54, 1.807) is 0 Å². The quantitative estimate of drug-likeness (QED) is 0.454. The maximum Gasteiger partial charge on any atom is 0.311 e. The topological polar surface area (TPSA) is 109 Å². The molecule has 2 fully saturated rings. The van der Waals surface area contributed by atoms with Gasteiger partial charge in [-0.25, -0.2) is 14.3 Å². The van der Waals surface area contributed by atoms with Gasteiger partial charge in [-0.15, -0.1) is 0 Å². The fourth-order valence-corrected chi connectivity index (χ4v) is 3.94. The smallest absolute Gasteiger partial charge is 0.311 e. The van der Waals surface area contributed by atoms with Gasteiger partial charge in [0, 0.05) is 31.4 Å². The van der Waals surface area contributed by atoms with Crippen LogP contribution in [0.15, 0.2) is 42.6 Å². The Morgan fingerprint density at radius 2 is 1.83 bits per heavy atom. The number of carbonyl (C=O) groups is 2. The summed E-state index contributed by atoms with van der Waals surface area (Å²) in [6.45, 7) is 1.10. The van der Waals surface area contributed by atoms with Gasteiger partial charge < -0.3 is 10.2 Å². The second-order valence-corrected chi connectivity index (χ2v) is 7.33. The number of benzene rings is 1. The second-order valence-electron chi connectivity index (χ2n) is 7.33. The number of halogens is 1. The van der Waals surface area contributed by atoms with E-state index < -0.39 is 16.8 Å². The summed E-state index contributed by atoms with van der Waals surface area (Å²) >= 11 is 0. The standard InChI is InChI=1S/C20H20FN5O4/c21-13-3-5-15(6-4-13)25-18(27)12-16(20(25)28)23-14-7-10-24(11-8-14)19-17(26(29)30)2-1-9-22-19/h1-6,9,14,16,23H,7-8,10-12H2/t16-/m1/s1. The van der Waals surface area contributed by atoms with E-state index in [0.717, 1.165) is 4.90 Å². The number of anilines is 2. The zero-order chi connectivity index (χ0) is 21.3. The van der Waals surface area contributed by atoms with Crippen LogP contribution in [0.4, 0.5) is 21.6 Å². The molecule has 30 heavy (non-hydrogen) atoms. The summed E-state index contributed by atoms with van der Waals surface area (Å²) in [6, 6.07) is 7.57. The first-order valence-corrected chi connectivity index (χ1v) is 9.67. The van der Waals surface area contributed by atoms with Crippen LogP contribution in [0.2, 0.25) is 0 Å². The number of hydrogen-bond donors (Lipinski definition) is 1. The molecule has 9 nitrogen and oxygen atoms in total. The van der Waals surface area contributed by atoms with Gasteiger partial charge in [0.2, 0.25) is 11.7 Å². The zero-order valence-electron chi connectivity index (χ0n) is 16.0. The molecule has 0 spiro atoms. The Balaban J connectivity index is 1.38. The van der Waals surface area contributed by atoms with Gasteiger partial charge in [0.25, 0.3) is 5.91 Å². The Morgan fingerprint density at radius 1 is 1.13 bits per heavy atom. The lowest BCUT2D eigenvalue weighted by atomic mass is 10.0. The molecule has 0 saturated carbocycles. The molecular weight excluding hydrogens is 393 g/mol. The molecular formula is C20H20FN5O4. The lowest BCUT2D eigenvalue weighted by molar-refractivity contribution is -0.384. The van der Waals surface area contributed by atoms with Crippen molar-refractivity contribution in [1.29, 1.82) is 0 Å². The first kappa shape index (κ1) is 19.9. The highest BCUT2D eigenvalue weighted by Gasteiger charge is 2.40. The van der Waals surface area contributed by atoms with E-state index in [4.69, 9.17) is 0 Å². The minimum atomic E-state index is -0.636. The number of nitro groups is 1. The van der Waals surface area contributed by atoms with Crippen molar-refractivity contribution < 1.29 is 18.9 Å². The van der Waals surface area contributed by atoms with Crippen molar-refractivity contribution in [3.63, 3.8) is 0 Å². The summed E-state index contributed by atoms with van der Waals surface area (Å²) in [5, 5.41) is 14.5. The van der Waals surface area contributed by atoms with Gasteiger partial charge in [0.05, 0.1) is 23.1 Å². The number of pyridine rings is 1. The Labute approximate surface area is 171 Å². The van der Waals surface area contributed by atoms with E-state index in [2.05, 4.69) is 10.3 Å². The molecule has 3 heterocycles. The number of carbonyl (C=O) groups excluding carboxylic acids is 2. The number of rotatable bonds is 5. The third-order valence-electron chi connectivity index (χ3n) is 5.43. The first-order chi connectivity index (χ1) is 14.4. The van der Waals surface area contributed by atoms with Gasteiger partial charge in [-0.3, -0.25) is 19.7 Å². The normalized spacial score (nSPS) is 20.1. The molecule has 1 aromatic heterocycles. The van der Waals surface area contributed by atoms with Crippen molar-refractivity contribution in [2.24, 2.45) is 0 Å². The monoisotopic (exact) mass is 413 g/mol. The maximum atomic E-state index is 13.1. The van der Waals surface area contributed by atoms with Crippen LogP contribution >= 0.6 is 0 Å². The predicted molar refractivity (Wildman–Crippen MR) is 107 cm³/mol. The van der Waals surface area contributed by atoms with Gasteiger partial charge in [-0.2, -0.15) is 0 Å². The maximum absolute atomic E-state index is 13.1. The van der Waals surface area contributed by atoms with Crippen molar-refractivity contribution in [3.8, 4) is 0 Å². The lowest BCUT2D eigenvalue weighted by Gasteiger charge is -2.33. The Hall–Kier alpha value is -3.40. The van der Waals surface area contributed by atoms with Crippen LogP contribution in [-0.2, 0) is 9.59 Å². The fourth-order valence-electron chi connectivity index (χ4n) is 3.94. The van der Waals surface area contributed by atoms with Crippen molar-refractivity contribution in [2.45, 2.75) is 31.3 Å². The largest absolute Gasteiger partial charge is 0.351 e. The number of aromatic nitrogens is 1. The number of amides is 2. The third-order valence-corrected chi connectivity index (χ3v) is 5.43. The van der Waals surface area contributed by atoms with E-state index in [-0.39, 0.29) is 30.0 Å². The second kappa shape index (κ2) is 8.15. The summed E-state index contributed by atoms with van der Waals surface area (Å²) in [7, 11) is 0. The molecule has 0 bridgehead atoms. The number of piperidine rings is 1. The summed E-state index contributed by atoms with van der Waals surface area (Å²) in [5.41, 5.74) is 0.323. The van der Waals surface area contributed by atoms with Gasteiger partial charge in [0.15, 0.2) is 0 Å². The van der Waals surface area contributed by atoms with E-state index in [0.29, 0.717) is 37.4 Å². The Morgan fingerprint density at radius 3 is 2.50 bits per heavy atom. The molecule has 1 N–H and O–H groups in total. The van der Waals surface area contributed by atoms with Crippen LogP contribution in [0.1, 0.15) is 19.3 Å². The highest BCUT2D eigenvalue weighted by molar-refractivity contribution is 6.22. The minimum Gasteiger partial charge on any atom is -0.351 e. The minimum absolute atomic E-state index is 0.000985. The van der Waals surface area contributed by atoms with Gasteiger partial charge in [0.1, 0.15) is 5.82 Å². The fraction of sp³-hybridized carbons (Fsp3) is 0.350. The molecule has 0 unspecified atom stereocenters. The van der Waals surface area contributed by atoms with E-state index in [9.17, 15) is 24.1 Å². The van der Waals surface area contributed by atoms with Gasteiger partial charge in [-0.05, 0) is 43.2 Å². The van der Waals surface area contributed by atoms with Crippen LogP contribution < -0.4 is 15.1 Å². The molecule has 2 aliphatic rings. The molecule has 0 aliphatic carbocycles. The predicted octanol–water partition coefficient (Wildman–Crippen LogP) is 2.02. The summed E-state index contributed by atoms with van der Waals surface area (Å²) < 4.78 is 13.1. The van der Waals surface area contributed by atoms with Crippen LogP contribution in [0.25, 0.3) is 0 Å². The van der Waals surface area contributed by atoms with Crippen molar-refractivity contribution >= 4 is 29.0 Å². The molecule has 4 rings (SSSR count). The number of hydrogen-bond acceptors (Lipinski definition) is 7. The van der Waals surface area contributed by atoms with Crippen LogP contribution in [-0.4, -0.2) is 46.9 Å². The molecule has 2 saturated heterocycles. The summed E-state index contributed by atoms with van der Waals surface area (Å²) in [4.78, 5) is 43.0. The first-order valence-electron chi connectivity index (χ1n) is 9.67.